The Morgan fingerprint density at radius 1 is 1.00 bits per heavy atom. The van der Waals surface area contributed by atoms with Crippen molar-refractivity contribution in [2.45, 2.75) is 6.92 Å². The minimum Gasteiger partial charge on any atom is -0.464 e. The van der Waals surface area contributed by atoms with E-state index in [0.717, 1.165) is 14.5 Å². The molecule has 0 aliphatic rings. The highest BCUT2D eigenvalue weighted by molar-refractivity contribution is 9.10. The Morgan fingerprint density at radius 2 is 1.59 bits per heavy atom. The van der Waals surface area contributed by atoms with Gasteiger partial charge in [0.1, 0.15) is 5.78 Å². The number of methoxy groups -OCH3 is 1. The highest BCUT2D eigenvalue weighted by Crippen LogP contribution is 2.19. The molecule has 3 rings (SSSR count). The number of nitrogen functional groups attached to an aromatic ring is 2. The first kappa shape index (κ1) is 25.0. The summed E-state index contributed by atoms with van der Waals surface area (Å²) in [6.45, 7) is 1.54. The molecule has 3 aromatic rings. The minimum absolute atomic E-state index is 0.171. The fraction of sp³-hybridized carbons (Fsp3) is 0.158. The Labute approximate surface area is 193 Å². The van der Waals surface area contributed by atoms with Crippen LogP contribution in [0.5, 0.6) is 0 Å². The Hall–Kier alpha value is -2.04. The summed E-state index contributed by atoms with van der Waals surface area (Å²) in [7, 11) is 1.32. The van der Waals surface area contributed by atoms with Crippen LogP contribution in [-0.2, 0) is 9.53 Å². The molecule has 1 aromatic heterocycles. The molecule has 0 spiro atoms. The maximum absolute atomic E-state index is 11.2. The van der Waals surface area contributed by atoms with Crippen LogP contribution in [0.15, 0.2) is 51.5 Å². The van der Waals surface area contributed by atoms with Crippen LogP contribution >= 0.6 is 47.8 Å². The third-order valence-electron chi connectivity index (χ3n) is 3.14. The number of anilines is 2. The smallest absolute Gasteiger partial charge is 0.358 e. The molecule has 0 fully saturated rings. The van der Waals surface area contributed by atoms with Crippen molar-refractivity contribution in [3.8, 4) is 0 Å². The number of aromatic nitrogens is 2. The lowest BCUT2D eigenvalue weighted by Gasteiger charge is -2.00. The molecule has 0 saturated carbocycles. The Morgan fingerprint density at radius 3 is 2.10 bits per heavy atom. The second kappa shape index (κ2) is 12.5. The maximum atomic E-state index is 11.2. The molecule has 0 bridgehead atoms. The van der Waals surface area contributed by atoms with E-state index in [1.165, 1.54) is 20.2 Å². The molecule has 0 unspecified atom stereocenters. The van der Waals surface area contributed by atoms with Gasteiger partial charge in [0.05, 0.1) is 41.0 Å². The maximum Gasteiger partial charge on any atom is 0.358 e. The van der Waals surface area contributed by atoms with Gasteiger partial charge >= 0.3 is 5.97 Å². The number of ether oxygens (including phenoxy) is 1. The number of halogens is 3. The molecule has 29 heavy (non-hydrogen) atoms. The third-order valence-corrected chi connectivity index (χ3v) is 4.91. The van der Waals surface area contributed by atoms with E-state index in [2.05, 4.69) is 62.5 Å². The number of hydrogen-bond donors (Lipinski definition) is 2. The lowest BCUT2D eigenvalue weighted by atomic mass is 10.3. The first-order chi connectivity index (χ1) is 13.7. The topological polar surface area (TPSA) is 121 Å². The summed E-state index contributed by atoms with van der Waals surface area (Å²) in [5, 5.41) is 0.479. The normalized spacial score (nSPS) is 9.55. The molecular weight excluding hydrogens is 572 g/mol. The van der Waals surface area contributed by atoms with Gasteiger partial charge in [-0.2, -0.15) is 0 Å². The Kier molecular flexibility index (Phi) is 10.8. The molecule has 0 radical (unpaired) electrons. The summed E-state index contributed by atoms with van der Waals surface area (Å²) in [5.74, 6) is -0.308. The van der Waals surface area contributed by atoms with Crippen LogP contribution in [-0.4, -0.2) is 34.2 Å². The summed E-state index contributed by atoms with van der Waals surface area (Å²) in [6, 6.07) is 10.9. The molecule has 0 amide bonds. The molecule has 0 aliphatic carbocycles. The van der Waals surface area contributed by atoms with Crippen LogP contribution < -0.4 is 11.5 Å². The molecule has 0 atom stereocenters. The molecule has 1 heterocycles. The predicted molar refractivity (Wildman–Crippen MR) is 126 cm³/mol. The van der Waals surface area contributed by atoms with Gasteiger partial charge in [0, 0.05) is 8.95 Å². The molecule has 7 nitrogen and oxygen atoms in total. The summed E-state index contributed by atoms with van der Waals surface area (Å²) in [4.78, 5) is 29.2. The average Bonchev–Trinajstić information content (AvgIpc) is 2.70. The number of nitrogens with zero attached hydrogens (tertiary/aromatic N) is 2. The number of alkyl halides is 1. The van der Waals surface area contributed by atoms with E-state index >= 15 is 0 Å². The van der Waals surface area contributed by atoms with Crippen LogP contribution in [0.2, 0.25) is 0 Å². The van der Waals surface area contributed by atoms with Crippen molar-refractivity contribution in [3.05, 3.63) is 57.2 Å². The van der Waals surface area contributed by atoms with Crippen molar-refractivity contribution in [2.75, 3.05) is 23.9 Å². The number of benzene rings is 2. The van der Waals surface area contributed by atoms with Crippen LogP contribution in [0.25, 0.3) is 11.0 Å². The molecule has 2 aromatic carbocycles. The van der Waals surface area contributed by atoms with Crippen molar-refractivity contribution in [1.82, 2.24) is 9.97 Å². The predicted octanol–water partition coefficient (Wildman–Crippen LogP) is 4.76. The fourth-order valence-corrected chi connectivity index (χ4v) is 2.46. The second-order valence-corrected chi connectivity index (χ2v) is 7.88. The monoisotopic (exact) mass is 588 g/mol. The van der Waals surface area contributed by atoms with Crippen LogP contribution in [0.1, 0.15) is 17.4 Å². The lowest BCUT2D eigenvalue weighted by molar-refractivity contribution is -0.114. The van der Waals surface area contributed by atoms with Gasteiger partial charge in [-0.15, -0.1) is 0 Å². The van der Waals surface area contributed by atoms with Crippen molar-refractivity contribution in [1.29, 1.82) is 0 Å². The van der Waals surface area contributed by atoms with E-state index in [1.807, 2.05) is 18.2 Å². The number of carbonyl (C=O) groups excluding carboxylic acids is 2. The second-order valence-electron chi connectivity index (χ2n) is 5.49. The molecule has 0 aliphatic heterocycles. The third kappa shape index (κ3) is 8.88. The van der Waals surface area contributed by atoms with E-state index in [9.17, 15) is 9.59 Å². The van der Waals surface area contributed by atoms with E-state index in [-0.39, 0.29) is 11.5 Å². The zero-order chi connectivity index (χ0) is 22.0. The standard InChI is InChI=1S/C10H7BrN2O2.C6H7BrN2.C3H5BrO/c1-15-10(14)9-5-12-8-4-6(11)2-3-7(8)13-9;7-4-1-2-5(8)6(9)3-4;1-3(5)2-4/h2-5H,1H3;1-3H,8-9H2;2H2,1H3. The lowest BCUT2D eigenvalue weighted by Crippen LogP contribution is -2.04. The number of rotatable bonds is 2. The number of Topliss-reactive ketones (excluding diaryl/α,β-unsaturated/α-hetero) is 1. The number of nitrogens with two attached hydrogens (primary N) is 2. The van der Waals surface area contributed by atoms with Crippen molar-refractivity contribution in [3.63, 3.8) is 0 Å². The summed E-state index contributed by atoms with van der Waals surface area (Å²) in [6.07, 6.45) is 1.40. The molecular formula is C19H19Br3N4O3. The van der Waals surface area contributed by atoms with Crippen molar-refractivity contribution < 1.29 is 14.3 Å². The van der Waals surface area contributed by atoms with Gasteiger partial charge in [0.15, 0.2) is 5.69 Å². The molecule has 4 N–H and O–H groups in total. The van der Waals surface area contributed by atoms with Gasteiger partial charge in [-0.3, -0.25) is 9.78 Å². The van der Waals surface area contributed by atoms with Gasteiger partial charge in [0.25, 0.3) is 0 Å². The highest BCUT2D eigenvalue weighted by Gasteiger charge is 2.08. The highest BCUT2D eigenvalue weighted by atomic mass is 79.9. The summed E-state index contributed by atoms with van der Waals surface area (Å²) in [5.41, 5.74) is 13.8. The van der Waals surface area contributed by atoms with Crippen molar-refractivity contribution in [2.24, 2.45) is 0 Å². The fourth-order valence-electron chi connectivity index (χ4n) is 1.73. The van der Waals surface area contributed by atoms with Gasteiger partial charge < -0.3 is 16.2 Å². The zero-order valence-corrected chi connectivity index (χ0v) is 20.4. The van der Waals surface area contributed by atoms with Gasteiger partial charge in [-0.1, -0.05) is 47.8 Å². The van der Waals surface area contributed by atoms with E-state index in [4.69, 9.17) is 11.5 Å². The van der Waals surface area contributed by atoms with Crippen LogP contribution in [0.3, 0.4) is 0 Å². The Bertz CT molecular complexity index is 1000. The largest absolute Gasteiger partial charge is 0.464 e. The van der Waals surface area contributed by atoms with Gasteiger partial charge in [-0.05, 0) is 43.3 Å². The summed E-state index contributed by atoms with van der Waals surface area (Å²) >= 11 is 9.56. The van der Waals surface area contributed by atoms with Crippen molar-refractivity contribution >= 4 is 82.0 Å². The first-order valence-electron chi connectivity index (χ1n) is 8.04. The average molecular weight is 591 g/mol. The van der Waals surface area contributed by atoms with E-state index in [1.54, 1.807) is 18.2 Å². The Balaban J connectivity index is 0.000000255. The number of hydrogen-bond acceptors (Lipinski definition) is 7. The minimum atomic E-state index is -0.479. The van der Waals surface area contributed by atoms with E-state index < -0.39 is 5.97 Å². The zero-order valence-electron chi connectivity index (χ0n) is 15.7. The number of ketones is 1. The number of fused-ring (bicyclic) bond motifs is 1. The van der Waals surface area contributed by atoms with Crippen LogP contribution in [0, 0.1) is 0 Å². The van der Waals surface area contributed by atoms with Crippen LogP contribution in [0.4, 0.5) is 11.4 Å². The van der Waals surface area contributed by atoms with E-state index in [0.29, 0.717) is 22.2 Å². The molecule has 154 valence electrons. The molecule has 10 heteroatoms. The molecule has 0 saturated heterocycles. The summed E-state index contributed by atoms with van der Waals surface area (Å²) < 4.78 is 6.44. The number of esters is 1. The number of carbonyl (C=O) groups is 2. The van der Waals surface area contributed by atoms with Gasteiger partial charge in [0.2, 0.25) is 0 Å². The SMILES string of the molecule is CC(=O)CBr.COC(=O)c1cnc2cc(Br)ccc2n1.Nc1ccc(Br)cc1N. The quantitative estimate of drug-likeness (QED) is 0.251. The van der Waals surface area contributed by atoms with Gasteiger partial charge in [-0.25, -0.2) is 9.78 Å². The first-order valence-corrected chi connectivity index (χ1v) is 10.7.